The minimum absolute atomic E-state index is 0. The molecule has 144 valence electrons. The van der Waals surface area contributed by atoms with Gasteiger partial charge in [0.1, 0.15) is 5.60 Å². The Bertz CT molecular complexity index is 377. The number of nitrogens with one attached hydrogen (secondary N) is 1. The van der Waals surface area contributed by atoms with Gasteiger partial charge >= 0.3 is 6.09 Å². The number of nitrogens with zero attached hydrogens (tertiary/aromatic N) is 1. The molecule has 2 aliphatic rings. The quantitative estimate of drug-likeness (QED) is 0.613. The van der Waals surface area contributed by atoms with Crippen molar-refractivity contribution in [2.75, 3.05) is 26.2 Å². The van der Waals surface area contributed by atoms with Gasteiger partial charge in [-0.25, -0.2) is 4.79 Å². The van der Waals surface area contributed by atoms with Gasteiger partial charge in [0, 0.05) is 13.1 Å². The zero-order chi connectivity index (χ0) is 17.7. The van der Waals surface area contributed by atoms with E-state index < -0.39 is 11.2 Å². The molecule has 1 amide bonds. The van der Waals surface area contributed by atoms with Crippen molar-refractivity contribution >= 4 is 18.5 Å². The van der Waals surface area contributed by atoms with Gasteiger partial charge in [-0.2, -0.15) is 0 Å². The van der Waals surface area contributed by atoms with E-state index in [2.05, 4.69) is 5.32 Å². The second kappa shape index (κ2) is 9.22. The summed E-state index contributed by atoms with van der Waals surface area (Å²) in [5.74, 6) is 0. The monoisotopic (exact) mass is 366 g/mol. The first-order valence-corrected chi connectivity index (χ1v) is 8.54. The summed E-state index contributed by atoms with van der Waals surface area (Å²) in [6, 6.07) is 0. The Morgan fingerprint density at radius 3 is 1.75 bits per heavy atom. The normalized spacial score (nSPS) is 22.5. The molecule has 0 aromatic carbocycles. The molecule has 0 aromatic rings. The number of likely N-dealkylation sites (tertiary alicyclic amines) is 1. The topological polar surface area (TPSA) is 82.0 Å². The second-order valence-corrected chi connectivity index (χ2v) is 8.21. The highest BCUT2D eigenvalue weighted by Gasteiger charge is 2.31. The third-order valence-electron chi connectivity index (χ3n) is 4.17. The molecular weight excluding hydrogens is 332 g/mol. The first kappa shape index (κ1) is 23.4. The van der Waals surface area contributed by atoms with E-state index in [4.69, 9.17) is 4.74 Å². The lowest BCUT2D eigenvalue weighted by Gasteiger charge is -2.36. The number of carbonyl (C=O) groups is 1. The van der Waals surface area contributed by atoms with E-state index >= 15 is 0 Å². The van der Waals surface area contributed by atoms with E-state index in [1.165, 1.54) is 0 Å². The van der Waals surface area contributed by atoms with Gasteiger partial charge in [-0.1, -0.05) is 0 Å². The molecule has 0 aliphatic carbocycles. The Morgan fingerprint density at radius 1 is 1.00 bits per heavy atom. The Kier molecular flexibility index (Phi) is 9.01. The Balaban J connectivity index is 0.000000498. The van der Waals surface area contributed by atoms with Crippen LogP contribution in [0.4, 0.5) is 4.79 Å². The van der Waals surface area contributed by atoms with E-state index in [1.807, 2.05) is 27.7 Å². The zero-order valence-corrected chi connectivity index (χ0v) is 16.5. The number of ether oxygens (including phenoxy) is 1. The summed E-state index contributed by atoms with van der Waals surface area (Å²) in [4.78, 5) is 13.3. The predicted molar refractivity (Wildman–Crippen MR) is 97.6 cm³/mol. The number of hydrogen-bond acceptors (Lipinski definition) is 5. The van der Waals surface area contributed by atoms with Gasteiger partial charge in [-0.15, -0.1) is 12.4 Å². The van der Waals surface area contributed by atoms with Crippen molar-refractivity contribution in [1.82, 2.24) is 10.2 Å². The molecule has 0 bridgehead atoms. The minimum atomic E-state index is -0.626. The fourth-order valence-electron chi connectivity index (χ4n) is 2.46. The van der Waals surface area contributed by atoms with Crippen LogP contribution in [0.15, 0.2) is 0 Å². The van der Waals surface area contributed by atoms with Crippen LogP contribution < -0.4 is 5.32 Å². The standard InChI is InChI=1S/C11H21NO3.C6H13NO.ClH/c1-10(2,3)15-9(13)12-7-5-11(4,14)6-8-12;1-6(8)2-4-7-5-3-6;/h14H,5-8H2,1-4H3;7-8H,2-5H2,1H3;1H. The third kappa shape index (κ3) is 9.67. The summed E-state index contributed by atoms with van der Waals surface area (Å²) < 4.78 is 5.25. The summed E-state index contributed by atoms with van der Waals surface area (Å²) in [7, 11) is 0. The van der Waals surface area contributed by atoms with Crippen LogP contribution in [-0.2, 0) is 4.74 Å². The summed E-state index contributed by atoms with van der Waals surface area (Å²) in [6.07, 6.45) is 2.75. The van der Waals surface area contributed by atoms with Crippen molar-refractivity contribution in [3.05, 3.63) is 0 Å². The van der Waals surface area contributed by atoms with Crippen molar-refractivity contribution in [3.63, 3.8) is 0 Å². The molecule has 0 saturated carbocycles. The first-order chi connectivity index (χ1) is 10.4. The Hall–Kier alpha value is -0.560. The van der Waals surface area contributed by atoms with E-state index in [0.717, 1.165) is 25.9 Å². The maximum absolute atomic E-state index is 11.6. The highest BCUT2D eigenvalue weighted by atomic mass is 35.5. The maximum Gasteiger partial charge on any atom is 0.410 e. The summed E-state index contributed by atoms with van der Waals surface area (Å²) in [6.45, 7) is 12.3. The molecule has 24 heavy (non-hydrogen) atoms. The lowest BCUT2D eigenvalue weighted by Crippen LogP contribution is -2.46. The van der Waals surface area contributed by atoms with Crippen LogP contribution in [0.25, 0.3) is 0 Å². The minimum Gasteiger partial charge on any atom is -0.444 e. The smallest absolute Gasteiger partial charge is 0.410 e. The fraction of sp³-hybridized carbons (Fsp3) is 0.941. The van der Waals surface area contributed by atoms with Crippen LogP contribution in [0, 0.1) is 0 Å². The molecule has 0 radical (unpaired) electrons. The molecule has 2 fully saturated rings. The molecular formula is C17H35ClN2O4. The highest BCUT2D eigenvalue weighted by molar-refractivity contribution is 5.85. The molecule has 0 spiro atoms. The molecule has 2 aliphatic heterocycles. The molecule has 0 unspecified atom stereocenters. The van der Waals surface area contributed by atoms with Crippen molar-refractivity contribution in [3.8, 4) is 0 Å². The Labute approximate surface area is 152 Å². The molecule has 2 rings (SSSR count). The lowest BCUT2D eigenvalue weighted by atomic mass is 9.94. The molecule has 3 N–H and O–H groups in total. The van der Waals surface area contributed by atoms with Gasteiger partial charge in [0.2, 0.25) is 0 Å². The van der Waals surface area contributed by atoms with Crippen molar-refractivity contribution < 1.29 is 19.7 Å². The van der Waals surface area contributed by atoms with Crippen LogP contribution in [-0.4, -0.2) is 64.2 Å². The van der Waals surface area contributed by atoms with Crippen molar-refractivity contribution in [2.45, 2.75) is 77.1 Å². The number of piperidine rings is 2. The van der Waals surface area contributed by atoms with Crippen LogP contribution in [0.5, 0.6) is 0 Å². The lowest BCUT2D eigenvalue weighted by molar-refractivity contribution is -0.0215. The molecule has 0 aromatic heterocycles. The largest absolute Gasteiger partial charge is 0.444 e. The summed E-state index contributed by atoms with van der Waals surface area (Å²) >= 11 is 0. The van der Waals surface area contributed by atoms with Crippen molar-refractivity contribution in [1.29, 1.82) is 0 Å². The van der Waals surface area contributed by atoms with Crippen molar-refractivity contribution in [2.24, 2.45) is 0 Å². The number of rotatable bonds is 0. The first-order valence-electron chi connectivity index (χ1n) is 8.54. The highest BCUT2D eigenvalue weighted by Crippen LogP contribution is 2.22. The average Bonchev–Trinajstić information content (AvgIpc) is 2.36. The van der Waals surface area contributed by atoms with Gasteiger partial charge < -0.3 is 25.2 Å². The number of carbonyl (C=O) groups excluding carboxylic acids is 1. The predicted octanol–water partition coefficient (Wildman–Crippen LogP) is 2.31. The third-order valence-corrected chi connectivity index (χ3v) is 4.17. The molecule has 2 saturated heterocycles. The van der Waals surface area contributed by atoms with Crippen LogP contribution >= 0.6 is 12.4 Å². The maximum atomic E-state index is 11.6. The number of amides is 1. The Morgan fingerprint density at radius 2 is 1.42 bits per heavy atom. The average molecular weight is 367 g/mol. The molecule has 2 heterocycles. The molecule has 6 nitrogen and oxygen atoms in total. The van der Waals surface area contributed by atoms with Gasteiger partial charge in [0.25, 0.3) is 0 Å². The van der Waals surface area contributed by atoms with Gasteiger partial charge in [-0.3, -0.25) is 0 Å². The van der Waals surface area contributed by atoms with E-state index in [-0.39, 0.29) is 24.1 Å². The fourth-order valence-corrected chi connectivity index (χ4v) is 2.46. The van der Waals surface area contributed by atoms with Gasteiger partial charge in [0.15, 0.2) is 0 Å². The molecule has 7 heteroatoms. The van der Waals surface area contributed by atoms with Crippen LogP contribution in [0.1, 0.15) is 60.3 Å². The van der Waals surface area contributed by atoms with Gasteiger partial charge in [0.05, 0.1) is 11.2 Å². The molecule has 0 atom stereocenters. The zero-order valence-electron chi connectivity index (χ0n) is 15.7. The number of aliphatic hydroxyl groups is 2. The van der Waals surface area contributed by atoms with E-state index in [1.54, 1.807) is 11.8 Å². The van der Waals surface area contributed by atoms with E-state index in [9.17, 15) is 15.0 Å². The SMILES string of the molecule is CC1(O)CCN(C(=O)OC(C)(C)C)CC1.CC1(O)CCNCC1.Cl. The second-order valence-electron chi connectivity index (χ2n) is 8.21. The van der Waals surface area contributed by atoms with E-state index in [0.29, 0.717) is 25.9 Å². The number of hydrogen-bond donors (Lipinski definition) is 3. The summed E-state index contributed by atoms with van der Waals surface area (Å²) in [5, 5.41) is 22.2. The number of halogens is 1. The summed E-state index contributed by atoms with van der Waals surface area (Å²) in [5.41, 5.74) is -1.46. The van der Waals surface area contributed by atoms with Crippen LogP contribution in [0.3, 0.4) is 0 Å². The van der Waals surface area contributed by atoms with Gasteiger partial charge in [-0.05, 0) is 73.4 Å². The van der Waals surface area contributed by atoms with Crippen LogP contribution in [0.2, 0.25) is 0 Å².